The smallest absolute Gasteiger partial charge is 0.231 e. The fraction of sp³-hybridized carbons (Fsp3) is 0.286. The Morgan fingerprint density at radius 3 is 2.44 bits per heavy atom. The number of rotatable bonds is 3. The van der Waals surface area contributed by atoms with Crippen molar-refractivity contribution in [2.75, 3.05) is 6.61 Å². The number of aliphatic hydroxyl groups excluding tert-OH is 1. The van der Waals surface area contributed by atoms with Gasteiger partial charge in [-0.2, -0.15) is 4.57 Å². The SMILES string of the molecule is Cc1c(-c2cc3ccccc3o2)sc2c3[n+](ccc12)C(CCO)C(C)c1c-3cc(C(C)(C)C)c2ccccc12. The normalized spacial score (nSPS) is 17.2. The Morgan fingerprint density at radius 1 is 0.949 bits per heavy atom. The zero-order valence-corrected chi connectivity index (χ0v) is 24.0. The lowest BCUT2D eigenvalue weighted by atomic mass is 9.75. The number of para-hydroxylation sites is 1. The van der Waals surface area contributed by atoms with Crippen molar-refractivity contribution in [3.05, 3.63) is 89.6 Å². The molecule has 7 rings (SSSR count). The molecule has 39 heavy (non-hydrogen) atoms. The van der Waals surface area contributed by atoms with E-state index >= 15 is 0 Å². The van der Waals surface area contributed by atoms with Crippen LogP contribution in [0.1, 0.15) is 62.8 Å². The summed E-state index contributed by atoms with van der Waals surface area (Å²) in [6.07, 6.45) is 2.98. The molecule has 1 aliphatic heterocycles. The Balaban J connectivity index is 1.58. The minimum absolute atomic E-state index is 0.00332. The van der Waals surface area contributed by atoms with Gasteiger partial charge in [0.1, 0.15) is 16.0 Å². The third-order valence-electron chi connectivity index (χ3n) is 8.68. The first kappa shape index (κ1) is 24.6. The molecular weight excluding hydrogens is 498 g/mol. The van der Waals surface area contributed by atoms with Gasteiger partial charge >= 0.3 is 0 Å². The maximum atomic E-state index is 10.1. The average Bonchev–Trinajstić information content (AvgIpc) is 3.50. The number of nitrogens with zero attached hydrogens (tertiary/aromatic N) is 1. The molecule has 0 radical (unpaired) electrons. The summed E-state index contributed by atoms with van der Waals surface area (Å²) in [5.74, 6) is 1.20. The van der Waals surface area contributed by atoms with E-state index in [1.165, 1.54) is 53.7 Å². The van der Waals surface area contributed by atoms with Gasteiger partial charge in [0.25, 0.3) is 0 Å². The molecule has 6 aromatic rings. The maximum absolute atomic E-state index is 10.1. The molecule has 2 atom stereocenters. The topological polar surface area (TPSA) is 37.2 Å². The highest BCUT2D eigenvalue weighted by Gasteiger charge is 2.41. The van der Waals surface area contributed by atoms with Gasteiger partial charge in [-0.05, 0) is 58.0 Å². The summed E-state index contributed by atoms with van der Waals surface area (Å²) in [7, 11) is 0. The minimum Gasteiger partial charge on any atom is -0.455 e. The zero-order valence-electron chi connectivity index (χ0n) is 23.2. The van der Waals surface area contributed by atoms with E-state index < -0.39 is 0 Å². The molecule has 4 heteroatoms. The van der Waals surface area contributed by atoms with Gasteiger partial charge < -0.3 is 9.52 Å². The molecule has 2 unspecified atom stereocenters. The highest BCUT2D eigenvalue weighted by atomic mass is 32.1. The number of aryl methyl sites for hydroxylation is 1. The molecule has 0 amide bonds. The lowest BCUT2D eigenvalue weighted by Crippen LogP contribution is -2.47. The number of aliphatic hydroxyl groups is 1. The number of benzene rings is 3. The van der Waals surface area contributed by atoms with Crippen molar-refractivity contribution in [2.24, 2.45) is 0 Å². The van der Waals surface area contributed by atoms with Crippen molar-refractivity contribution in [3.8, 4) is 21.9 Å². The Kier molecular flexibility index (Phi) is 5.52. The minimum atomic E-state index is 0.00332. The lowest BCUT2D eigenvalue weighted by molar-refractivity contribution is -0.717. The number of aromatic nitrogens is 1. The second-order valence-corrected chi connectivity index (χ2v) is 13.1. The predicted molar refractivity (Wildman–Crippen MR) is 163 cm³/mol. The van der Waals surface area contributed by atoms with Crippen molar-refractivity contribution < 1.29 is 14.1 Å². The van der Waals surface area contributed by atoms with Gasteiger partial charge in [0, 0.05) is 35.8 Å². The summed E-state index contributed by atoms with van der Waals surface area (Å²) >= 11 is 1.83. The molecule has 0 saturated carbocycles. The summed E-state index contributed by atoms with van der Waals surface area (Å²) in [5, 5.41) is 15.2. The second-order valence-electron chi connectivity index (χ2n) is 12.1. The molecular formula is C35H34NO2S+. The van der Waals surface area contributed by atoms with Crippen LogP contribution in [0.15, 0.2) is 77.3 Å². The van der Waals surface area contributed by atoms with Crippen molar-refractivity contribution in [3.63, 3.8) is 0 Å². The van der Waals surface area contributed by atoms with Crippen LogP contribution in [0, 0.1) is 6.92 Å². The Bertz CT molecular complexity index is 1870. The maximum Gasteiger partial charge on any atom is 0.231 e. The van der Waals surface area contributed by atoms with Gasteiger partial charge in [-0.25, -0.2) is 0 Å². The van der Waals surface area contributed by atoms with Gasteiger partial charge in [-0.15, -0.1) is 11.3 Å². The average molecular weight is 533 g/mol. The quantitative estimate of drug-likeness (QED) is 0.231. The fourth-order valence-electron chi connectivity index (χ4n) is 6.78. The van der Waals surface area contributed by atoms with E-state index in [0.29, 0.717) is 0 Å². The number of pyridine rings is 1. The van der Waals surface area contributed by atoms with E-state index in [1.807, 2.05) is 23.5 Å². The van der Waals surface area contributed by atoms with Crippen LogP contribution in [-0.2, 0) is 5.41 Å². The molecule has 196 valence electrons. The van der Waals surface area contributed by atoms with E-state index in [-0.39, 0.29) is 24.0 Å². The zero-order chi connectivity index (χ0) is 27.1. The fourth-order valence-corrected chi connectivity index (χ4v) is 8.09. The van der Waals surface area contributed by atoms with Crippen molar-refractivity contribution >= 4 is 43.2 Å². The van der Waals surface area contributed by atoms with Crippen LogP contribution in [0.2, 0.25) is 0 Å². The molecule has 0 saturated heterocycles. The second kappa shape index (κ2) is 8.77. The number of hydrogen-bond acceptors (Lipinski definition) is 3. The van der Waals surface area contributed by atoms with Crippen LogP contribution in [0.25, 0.3) is 53.7 Å². The largest absolute Gasteiger partial charge is 0.455 e. The Hall–Kier alpha value is -3.47. The van der Waals surface area contributed by atoms with E-state index in [9.17, 15) is 5.11 Å². The van der Waals surface area contributed by atoms with Gasteiger partial charge in [0.05, 0.1) is 10.4 Å². The predicted octanol–water partition coefficient (Wildman–Crippen LogP) is 9.07. The van der Waals surface area contributed by atoms with Crippen molar-refractivity contribution in [2.45, 2.75) is 58.4 Å². The van der Waals surface area contributed by atoms with Crippen molar-refractivity contribution in [1.29, 1.82) is 0 Å². The van der Waals surface area contributed by atoms with Crippen LogP contribution in [0.4, 0.5) is 0 Å². The molecule has 0 fully saturated rings. The Morgan fingerprint density at radius 2 is 1.69 bits per heavy atom. The van der Waals surface area contributed by atoms with Crippen LogP contribution < -0.4 is 4.57 Å². The third kappa shape index (κ3) is 3.62. The van der Waals surface area contributed by atoms with Gasteiger partial charge in [-0.3, -0.25) is 0 Å². The number of fused-ring (bicyclic) bond motifs is 8. The highest BCUT2D eigenvalue weighted by molar-refractivity contribution is 7.23. The summed E-state index contributed by atoms with van der Waals surface area (Å²) in [6, 6.07) is 24.2. The van der Waals surface area contributed by atoms with Crippen LogP contribution in [0.5, 0.6) is 0 Å². The van der Waals surface area contributed by atoms with Crippen LogP contribution in [-0.4, -0.2) is 11.7 Å². The molecule has 3 aromatic carbocycles. The van der Waals surface area contributed by atoms with Gasteiger partial charge in [-0.1, -0.05) is 70.2 Å². The lowest BCUT2D eigenvalue weighted by Gasteiger charge is -2.32. The van der Waals surface area contributed by atoms with Crippen molar-refractivity contribution in [1.82, 2.24) is 0 Å². The monoisotopic (exact) mass is 532 g/mol. The molecule has 4 heterocycles. The first-order valence-corrected chi connectivity index (χ1v) is 14.7. The molecule has 1 N–H and O–H groups in total. The summed E-state index contributed by atoms with van der Waals surface area (Å²) in [5.41, 5.74) is 7.55. The standard InChI is InChI=1S/C35H34NO2S/c1-20-23-14-16-36-28(15-17-37)21(2)31-25-12-8-7-11-24(25)27(35(3,4)5)19-26(31)32(36)34(23)39-33(20)30-18-22-10-6-9-13-29(22)38-30/h6-14,16,18-19,21,28,37H,15,17H2,1-5H3/q+1. The molecule has 3 nitrogen and oxygen atoms in total. The molecule has 0 aliphatic carbocycles. The van der Waals surface area contributed by atoms with E-state index in [2.05, 4.69) is 100.0 Å². The van der Waals surface area contributed by atoms with Gasteiger partial charge in [0.2, 0.25) is 5.69 Å². The number of hydrogen-bond donors (Lipinski definition) is 1. The molecule has 1 aliphatic rings. The highest BCUT2D eigenvalue weighted by Crippen LogP contribution is 2.50. The van der Waals surface area contributed by atoms with E-state index in [1.54, 1.807) is 0 Å². The first-order valence-electron chi connectivity index (χ1n) is 13.9. The van der Waals surface area contributed by atoms with E-state index in [0.717, 1.165) is 23.2 Å². The Labute approximate surface area is 233 Å². The summed E-state index contributed by atoms with van der Waals surface area (Å²) in [6.45, 7) is 11.7. The molecule has 3 aromatic heterocycles. The summed E-state index contributed by atoms with van der Waals surface area (Å²) in [4.78, 5) is 1.19. The van der Waals surface area contributed by atoms with Crippen LogP contribution in [0.3, 0.4) is 0 Å². The van der Waals surface area contributed by atoms with Gasteiger partial charge in [0.15, 0.2) is 12.2 Å². The third-order valence-corrected chi connectivity index (χ3v) is 10.0. The first-order chi connectivity index (χ1) is 18.8. The molecule has 0 bridgehead atoms. The number of furan rings is 1. The van der Waals surface area contributed by atoms with E-state index in [4.69, 9.17) is 4.42 Å². The summed E-state index contributed by atoms with van der Waals surface area (Å²) < 4.78 is 10.1. The molecule has 0 spiro atoms. The number of thiophene rings is 1. The van der Waals surface area contributed by atoms with Crippen LogP contribution >= 0.6 is 11.3 Å².